The molecule has 2 unspecified atom stereocenters. The minimum Gasteiger partial charge on any atom is -0.356 e. The molecule has 0 fully saturated rings. The zero-order chi connectivity index (χ0) is 13.7. The quantitative estimate of drug-likeness (QED) is 0.647. The summed E-state index contributed by atoms with van der Waals surface area (Å²) in [6, 6.07) is 8.32. The lowest BCUT2D eigenvalue weighted by molar-refractivity contribution is -0.122. The fourth-order valence-corrected chi connectivity index (χ4v) is 2.90. The standard InChI is InChI=1S/C16H22ClNO/c1-12(17)6-5-11-18-16(19)15-10-4-8-13-7-2-3-9-14(13)15/h2-3,7,9,12,15H,4-6,8,10-11H2,1H3,(H,18,19). The fraction of sp³-hybridized carbons (Fsp3) is 0.562. The third-order valence-corrected chi connectivity index (χ3v) is 3.98. The molecule has 0 bridgehead atoms. The smallest absolute Gasteiger partial charge is 0.227 e. The van der Waals surface area contributed by atoms with E-state index in [-0.39, 0.29) is 17.2 Å². The number of carbonyl (C=O) groups excluding carboxylic acids is 1. The Morgan fingerprint density at radius 2 is 2.26 bits per heavy atom. The summed E-state index contributed by atoms with van der Waals surface area (Å²) in [5, 5.41) is 3.24. The van der Waals surface area contributed by atoms with E-state index >= 15 is 0 Å². The van der Waals surface area contributed by atoms with Crippen molar-refractivity contribution in [3.63, 3.8) is 0 Å². The number of aryl methyl sites for hydroxylation is 1. The summed E-state index contributed by atoms with van der Waals surface area (Å²) in [6.07, 6.45) is 5.07. The van der Waals surface area contributed by atoms with Crippen LogP contribution in [0.5, 0.6) is 0 Å². The normalized spacial score (nSPS) is 19.6. The van der Waals surface area contributed by atoms with E-state index in [1.807, 2.05) is 13.0 Å². The number of fused-ring (bicyclic) bond motifs is 1. The molecule has 0 aliphatic heterocycles. The van der Waals surface area contributed by atoms with E-state index in [2.05, 4.69) is 23.5 Å². The molecule has 0 radical (unpaired) electrons. The number of nitrogens with one attached hydrogen (secondary N) is 1. The Hall–Kier alpha value is -1.02. The molecule has 1 aliphatic rings. The molecule has 0 saturated heterocycles. The number of carbonyl (C=O) groups is 1. The lowest BCUT2D eigenvalue weighted by Gasteiger charge is -2.24. The number of halogens is 1. The average Bonchev–Trinajstić information content (AvgIpc) is 2.42. The number of rotatable bonds is 5. The summed E-state index contributed by atoms with van der Waals surface area (Å²) in [4.78, 5) is 12.3. The lowest BCUT2D eigenvalue weighted by Crippen LogP contribution is -2.32. The highest BCUT2D eigenvalue weighted by atomic mass is 35.5. The highest BCUT2D eigenvalue weighted by molar-refractivity contribution is 6.20. The van der Waals surface area contributed by atoms with Crippen LogP contribution in [0.25, 0.3) is 0 Å². The van der Waals surface area contributed by atoms with Gasteiger partial charge in [-0.3, -0.25) is 4.79 Å². The third kappa shape index (κ3) is 3.97. The highest BCUT2D eigenvalue weighted by Gasteiger charge is 2.25. The largest absolute Gasteiger partial charge is 0.356 e. The fourth-order valence-electron chi connectivity index (χ4n) is 2.74. The Bertz CT molecular complexity index is 431. The lowest BCUT2D eigenvalue weighted by atomic mass is 9.82. The van der Waals surface area contributed by atoms with Gasteiger partial charge in [-0.15, -0.1) is 11.6 Å². The topological polar surface area (TPSA) is 29.1 Å². The van der Waals surface area contributed by atoms with Crippen LogP contribution in [-0.4, -0.2) is 17.8 Å². The summed E-state index contributed by atoms with van der Waals surface area (Å²) in [7, 11) is 0. The predicted molar refractivity (Wildman–Crippen MR) is 79.7 cm³/mol. The Labute approximate surface area is 120 Å². The van der Waals surface area contributed by atoms with Gasteiger partial charge in [0.2, 0.25) is 5.91 Å². The van der Waals surface area contributed by atoms with Crippen molar-refractivity contribution in [3.05, 3.63) is 35.4 Å². The number of alkyl halides is 1. The molecular weight excluding hydrogens is 258 g/mol. The van der Waals surface area contributed by atoms with Crippen molar-refractivity contribution in [2.24, 2.45) is 0 Å². The van der Waals surface area contributed by atoms with Crippen LogP contribution in [0.1, 0.15) is 49.7 Å². The van der Waals surface area contributed by atoms with Gasteiger partial charge in [0.15, 0.2) is 0 Å². The Morgan fingerprint density at radius 3 is 3.05 bits per heavy atom. The summed E-state index contributed by atoms with van der Waals surface area (Å²) < 4.78 is 0. The van der Waals surface area contributed by atoms with Crippen molar-refractivity contribution in [1.29, 1.82) is 0 Å². The zero-order valence-electron chi connectivity index (χ0n) is 11.5. The van der Waals surface area contributed by atoms with Gasteiger partial charge < -0.3 is 5.32 Å². The van der Waals surface area contributed by atoms with E-state index < -0.39 is 0 Å². The summed E-state index contributed by atoms with van der Waals surface area (Å²) >= 11 is 5.90. The third-order valence-electron chi connectivity index (χ3n) is 3.76. The second kappa shape index (κ2) is 6.95. The number of hydrogen-bond acceptors (Lipinski definition) is 1. The second-order valence-corrected chi connectivity index (χ2v) is 6.10. The first-order chi connectivity index (χ1) is 9.18. The van der Waals surface area contributed by atoms with Crippen molar-refractivity contribution in [2.75, 3.05) is 6.54 Å². The molecule has 3 heteroatoms. The van der Waals surface area contributed by atoms with Crippen LogP contribution < -0.4 is 5.32 Å². The van der Waals surface area contributed by atoms with E-state index in [1.165, 1.54) is 11.1 Å². The first kappa shape index (κ1) is 14.4. The van der Waals surface area contributed by atoms with Gasteiger partial charge in [-0.25, -0.2) is 0 Å². The first-order valence-electron chi connectivity index (χ1n) is 7.18. The Kier molecular flexibility index (Phi) is 5.26. The van der Waals surface area contributed by atoms with Crippen LogP contribution in [0.2, 0.25) is 0 Å². The van der Waals surface area contributed by atoms with Crippen molar-refractivity contribution in [3.8, 4) is 0 Å². The van der Waals surface area contributed by atoms with Crippen molar-refractivity contribution < 1.29 is 4.79 Å². The molecule has 0 spiro atoms. The van der Waals surface area contributed by atoms with E-state index in [9.17, 15) is 4.79 Å². The maximum absolute atomic E-state index is 12.3. The van der Waals surface area contributed by atoms with Crippen molar-refractivity contribution >= 4 is 17.5 Å². The van der Waals surface area contributed by atoms with Crippen LogP contribution in [0.3, 0.4) is 0 Å². The molecule has 2 nitrogen and oxygen atoms in total. The first-order valence-corrected chi connectivity index (χ1v) is 7.61. The average molecular weight is 280 g/mol. The van der Waals surface area contributed by atoms with Gasteiger partial charge in [-0.2, -0.15) is 0 Å². The molecule has 1 amide bonds. The van der Waals surface area contributed by atoms with Crippen LogP contribution in [0, 0.1) is 0 Å². The van der Waals surface area contributed by atoms with Gasteiger partial charge in [-0.05, 0) is 50.2 Å². The van der Waals surface area contributed by atoms with E-state index in [0.717, 1.165) is 38.6 Å². The predicted octanol–water partition coefficient (Wildman–Crippen LogP) is 3.63. The SMILES string of the molecule is CC(Cl)CCCNC(=O)C1CCCc2ccccc21. The van der Waals surface area contributed by atoms with Crippen molar-refractivity contribution in [2.45, 2.75) is 50.3 Å². The van der Waals surface area contributed by atoms with Gasteiger partial charge in [-0.1, -0.05) is 24.3 Å². The molecule has 0 aromatic heterocycles. The monoisotopic (exact) mass is 279 g/mol. The molecule has 1 N–H and O–H groups in total. The second-order valence-electron chi connectivity index (χ2n) is 5.36. The molecule has 1 aromatic rings. The molecule has 0 heterocycles. The van der Waals surface area contributed by atoms with Gasteiger partial charge >= 0.3 is 0 Å². The zero-order valence-corrected chi connectivity index (χ0v) is 12.2. The van der Waals surface area contributed by atoms with Crippen LogP contribution >= 0.6 is 11.6 Å². The number of hydrogen-bond donors (Lipinski definition) is 1. The van der Waals surface area contributed by atoms with Gasteiger partial charge in [0.05, 0.1) is 5.92 Å². The van der Waals surface area contributed by atoms with Gasteiger partial charge in [0, 0.05) is 11.9 Å². The molecule has 1 aromatic carbocycles. The Balaban J connectivity index is 1.90. The van der Waals surface area contributed by atoms with Crippen LogP contribution in [-0.2, 0) is 11.2 Å². The maximum atomic E-state index is 12.3. The van der Waals surface area contributed by atoms with Gasteiger partial charge in [0.1, 0.15) is 0 Å². The van der Waals surface area contributed by atoms with E-state index in [1.54, 1.807) is 0 Å². The number of amides is 1. The van der Waals surface area contributed by atoms with E-state index in [4.69, 9.17) is 11.6 Å². The molecule has 19 heavy (non-hydrogen) atoms. The van der Waals surface area contributed by atoms with Crippen LogP contribution in [0.4, 0.5) is 0 Å². The maximum Gasteiger partial charge on any atom is 0.227 e. The minimum absolute atomic E-state index is 0.0402. The summed E-state index contributed by atoms with van der Waals surface area (Å²) in [5.41, 5.74) is 2.56. The molecule has 0 saturated carbocycles. The minimum atomic E-state index is 0.0402. The molecule has 104 valence electrons. The van der Waals surface area contributed by atoms with E-state index in [0.29, 0.717) is 0 Å². The van der Waals surface area contributed by atoms with Gasteiger partial charge in [0.25, 0.3) is 0 Å². The highest BCUT2D eigenvalue weighted by Crippen LogP contribution is 2.31. The molecule has 2 rings (SSSR count). The molecule has 2 atom stereocenters. The van der Waals surface area contributed by atoms with Crippen molar-refractivity contribution in [1.82, 2.24) is 5.32 Å². The Morgan fingerprint density at radius 1 is 1.47 bits per heavy atom. The summed E-state index contributed by atoms with van der Waals surface area (Å²) in [6.45, 7) is 2.72. The molecule has 1 aliphatic carbocycles. The summed E-state index contributed by atoms with van der Waals surface area (Å²) in [5.74, 6) is 0.216. The molecular formula is C16H22ClNO. The number of benzene rings is 1. The van der Waals surface area contributed by atoms with Crippen LogP contribution in [0.15, 0.2) is 24.3 Å².